The second-order valence-electron chi connectivity index (χ2n) is 6.46. The van der Waals surface area contributed by atoms with Crippen LogP contribution in [0.2, 0.25) is 0 Å². The summed E-state index contributed by atoms with van der Waals surface area (Å²) in [4.78, 5) is 27.1. The van der Waals surface area contributed by atoms with Gasteiger partial charge in [0.05, 0.1) is 4.92 Å². The number of nitrogens with one attached hydrogen (secondary N) is 1. The van der Waals surface area contributed by atoms with Gasteiger partial charge in [0.2, 0.25) is 0 Å². The molecule has 0 saturated carbocycles. The zero-order valence-electron chi connectivity index (χ0n) is 14.6. The Morgan fingerprint density at radius 1 is 1.42 bits per heavy atom. The van der Waals surface area contributed by atoms with E-state index in [-0.39, 0.29) is 11.6 Å². The van der Waals surface area contributed by atoms with Gasteiger partial charge < -0.3 is 15.1 Å². The van der Waals surface area contributed by atoms with E-state index in [4.69, 9.17) is 0 Å². The molecule has 1 aromatic carbocycles. The van der Waals surface area contributed by atoms with Gasteiger partial charge in [-0.05, 0) is 37.9 Å². The molecule has 7 heteroatoms. The number of rotatable bonds is 6. The molecule has 1 N–H and O–H groups in total. The molecule has 2 rings (SSSR count). The van der Waals surface area contributed by atoms with Crippen LogP contribution in [0.3, 0.4) is 0 Å². The molecule has 0 aliphatic carbocycles. The number of amides is 1. The fourth-order valence-corrected chi connectivity index (χ4v) is 2.92. The third-order valence-corrected chi connectivity index (χ3v) is 4.59. The highest BCUT2D eigenvalue weighted by Crippen LogP contribution is 2.32. The molecule has 132 valence electrons. The molecular formula is C17H26N4O3. The summed E-state index contributed by atoms with van der Waals surface area (Å²) in [5.74, 6) is 0.453. The minimum Gasteiger partial charge on any atom is -0.366 e. The number of piperidine rings is 1. The summed E-state index contributed by atoms with van der Waals surface area (Å²) in [6.45, 7) is 5.06. The van der Waals surface area contributed by atoms with Gasteiger partial charge in [0.1, 0.15) is 5.69 Å². The van der Waals surface area contributed by atoms with Gasteiger partial charge in [0.25, 0.3) is 11.6 Å². The lowest BCUT2D eigenvalue weighted by Crippen LogP contribution is -2.34. The van der Waals surface area contributed by atoms with Crippen molar-refractivity contribution in [1.82, 2.24) is 10.2 Å². The monoisotopic (exact) mass is 334 g/mol. The standard InChI is InChI=1S/C17H26N4O3/c1-13-6-9-20(10-7-13)15-5-4-14(12-16(15)21(23)24)17(22)19(3)11-8-18-2/h4-5,12-13,18H,6-11H2,1-3H3. The van der Waals surface area contributed by atoms with Crippen molar-refractivity contribution >= 4 is 17.3 Å². The number of carbonyl (C=O) groups excluding carboxylic acids is 1. The van der Waals surface area contributed by atoms with Crippen molar-refractivity contribution < 1.29 is 9.72 Å². The number of hydrogen-bond donors (Lipinski definition) is 1. The Bertz CT molecular complexity index is 597. The van der Waals surface area contributed by atoms with Gasteiger partial charge in [-0.2, -0.15) is 0 Å². The van der Waals surface area contributed by atoms with E-state index in [1.165, 1.54) is 6.07 Å². The molecule has 7 nitrogen and oxygen atoms in total. The minimum atomic E-state index is -0.391. The van der Waals surface area contributed by atoms with Gasteiger partial charge in [-0.15, -0.1) is 0 Å². The molecule has 1 fully saturated rings. The average Bonchev–Trinajstić information content (AvgIpc) is 2.59. The Kier molecular flexibility index (Phi) is 6.14. The number of nitro benzene ring substituents is 1. The van der Waals surface area contributed by atoms with Crippen LogP contribution in [0, 0.1) is 16.0 Å². The Balaban J connectivity index is 2.23. The summed E-state index contributed by atoms with van der Waals surface area (Å²) in [6.07, 6.45) is 2.06. The molecule has 0 unspecified atom stereocenters. The van der Waals surface area contributed by atoms with E-state index in [0.29, 0.717) is 30.3 Å². The number of likely N-dealkylation sites (N-methyl/N-ethyl adjacent to an activating group) is 2. The van der Waals surface area contributed by atoms with E-state index in [9.17, 15) is 14.9 Å². The number of nitro groups is 1. The fraction of sp³-hybridized carbons (Fsp3) is 0.588. The average molecular weight is 334 g/mol. The van der Waals surface area contributed by atoms with Gasteiger partial charge in [0.15, 0.2) is 0 Å². The van der Waals surface area contributed by atoms with Crippen LogP contribution in [0.1, 0.15) is 30.1 Å². The van der Waals surface area contributed by atoms with Crippen LogP contribution in [0.5, 0.6) is 0 Å². The Hall–Kier alpha value is -2.15. The van der Waals surface area contributed by atoms with Crippen molar-refractivity contribution in [1.29, 1.82) is 0 Å². The van der Waals surface area contributed by atoms with Crippen molar-refractivity contribution in [2.45, 2.75) is 19.8 Å². The predicted molar refractivity (Wildman–Crippen MR) is 94.6 cm³/mol. The number of nitrogens with zero attached hydrogens (tertiary/aromatic N) is 3. The van der Waals surface area contributed by atoms with Crippen LogP contribution < -0.4 is 10.2 Å². The normalized spacial score (nSPS) is 15.4. The quantitative estimate of drug-likeness (QED) is 0.637. The molecule has 24 heavy (non-hydrogen) atoms. The molecule has 0 radical (unpaired) electrons. The zero-order valence-corrected chi connectivity index (χ0v) is 14.6. The maximum Gasteiger partial charge on any atom is 0.293 e. The van der Waals surface area contributed by atoms with Crippen molar-refractivity contribution in [2.75, 3.05) is 45.2 Å². The molecule has 1 aliphatic heterocycles. The van der Waals surface area contributed by atoms with Crippen LogP contribution in [0.25, 0.3) is 0 Å². The Morgan fingerprint density at radius 3 is 2.67 bits per heavy atom. The summed E-state index contributed by atoms with van der Waals surface area (Å²) in [6, 6.07) is 4.82. The summed E-state index contributed by atoms with van der Waals surface area (Å²) in [7, 11) is 3.52. The lowest BCUT2D eigenvalue weighted by atomic mass is 9.98. The summed E-state index contributed by atoms with van der Waals surface area (Å²) in [5, 5.41) is 14.5. The van der Waals surface area contributed by atoms with Gasteiger partial charge in [-0.1, -0.05) is 6.92 Å². The second-order valence-corrected chi connectivity index (χ2v) is 6.46. The molecule has 0 bridgehead atoms. The first kappa shape index (κ1) is 18.2. The third-order valence-electron chi connectivity index (χ3n) is 4.59. The molecule has 0 aromatic heterocycles. The molecular weight excluding hydrogens is 308 g/mol. The summed E-state index contributed by atoms with van der Waals surface area (Å²) in [5.41, 5.74) is 0.980. The van der Waals surface area contributed by atoms with Crippen molar-refractivity contribution in [3.63, 3.8) is 0 Å². The predicted octanol–water partition coefficient (Wildman–Crippen LogP) is 2.12. The number of benzene rings is 1. The molecule has 0 atom stereocenters. The lowest BCUT2D eigenvalue weighted by molar-refractivity contribution is -0.384. The van der Waals surface area contributed by atoms with Crippen LogP contribution in [-0.2, 0) is 0 Å². The van der Waals surface area contributed by atoms with E-state index < -0.39 is 4.92 Å². The first-order valence-corrected chi connectivity index (χ1v) is 8.37. The minimum absolute atomic E-state index is 0.0115. The number of anilines is 1. The van der Waals surface area contributed by atoms with E-state index in [2.05, 4.69) is 17.1 Å². The van der Waals surface area contributed by atoms with Gasteiger partial charge in [-0.25, -0.2) is 0 Å². The van der Waals surface area contributed by atoms with Crippen LogP contribution >= 0.6 is 0 Å². The topological polar surface area (TPSA) is 78.7 Å². The fourth-order valence-electron chi connectivity index (χ4n) is 2.92. The molecule has 0 spiro atoms. The van der Waals surface area contributed by atoms with Crippen molar-refractivity contribution in [2.24, 2.45) is 5.92 Å². The van der Waals surface area contributed by atoms with E-state index in [1.807, 2.05) is 7.05 Å². The number of carbonyl (C=O) groups is 1. The molecule has 1 amide bonds. The highest BCUT2D eigenvalue weighted by Gasteiger charge is 2.25. The summed E-state index contributed by atoms with van der Waals surface area (Å²) < 4.78 is 0. The second kappa shape index (κ2) is 8.10. The molecule has 1 saturated heterocycles. The van der Waals surface area contributed by atoms with E-state index in [1.54, 1.807) is 24.1 Å². The molecule has 1 aromatic rings. The Labute approximate surface area is 142 Å². The van der Waals surface area contributed by atoms with E-state index >= 15 is 0 Å². The maximum absolute atomic E-state index is 12.4. The largest absolute Gasteiger partial charge is 0.366 e. The van der Waals surface area contributed by atoms with Crippen LogP contribution in [0.4, 0.5) is 11.4 Å². The van der Waals surface area contributed by atoms with Crippen LogP contribution in [0.15, 0.2) is 18.2 Å². The number of hydrogen-bond acceptors (Lipinski definition) is 5. The maximum atomic E-state index is 12.4. The highest BCUT2D eigenvalue weighted by molar-refractivity contribution is 5.95. The molecule has 1 aliphatic rings. The third kappa shape index (κ3) is 4.23. The van der Waals surface area contributed by atoms with Crippen LogP contribution in [-0.4, -0.2) is 56.0 Å². The van der Waals surface area contributed by atoms with E-state index in [0.717, 1.165) is 25.9 Å². The summed E-state index contributed by atoms with van der Waals surface area (Å²) >= 11 is 0. The highest BCUT2D eigenvalue weighted by atomic mass is 16.6. The van der Waals surface area contributed by atoms with Crippen molar-refractivity contribution in [3.05, 3.63) is 33.9 Å². The SMILES string of the molecule is CNCCN(C)C(=O)c1ccc(N2CCC(C)CC2)c([N+](=O)[O-])c1. The lowest BCUT2D eigenvalue weighted by Gasteiger charge is -2.31. The van der Waals surface area contributed by atoms with Gasteiger partial charge in [-0.3, -0.25) is 14.9 Å². The van der Waals surface area contributed by atoms with Crippen molar-refractivity contribution in [3.8, 4) is 0 Å². The zero-order chi connectivity index (χ0) is 17.7. The molecule has 1 heterocycles. The van der Waals surface area contributed by atoms with Gasteiger partial charge >= 0.3 is 0 Å². The van der Waals surface area contributed by atoms with Gasteiger partial charge in [0, 0.05) is 44.9 Å². The first-order chi connectivity index (χ1) is 11.4. The first-order valence-electron chi connectivity index (χ1n) is 8.37. The Morgan fingerprint density at radius 2 is 2.08 bits per heavy atom. The smallest absolute Gasteiger partial charge is 0.293 e.